The zero-order valence-corrected chi connectivity index (χ0v) is 15.2. The summed E-state index contributed by atoms with van der Waals surface area (Å²) >= 11 is 0. The quantitative estimate of drug-likeness (QED) is 0.384. The molecule has 22 heavy (non-hydrogen) atoms. The molecule has 0 aromatic heterocycles. The van der Waals surface area contributed by atoms with Crippen LogP contribution in [0, 0.1) is 0 Å². The van der Waals surface area contributed by atoms with Crippen LogP contribution in [-0.2, 0) is 4.79 Å². The molecular weight excluding hydrogens is 274 g/mol. The Balaban J connectivity index is 3.33. The summed E-state index contributed by atoms with van der Waals surface area (Å²) in [4.78, 5) is 11.8. The van der Waals surface area contributed by atoms with Gasteiger partial charge < -0.3 is 16.0 Å². The molecular formula is C18H39N3O. The van der Waals surface area contributed by atoms with Gasteiger partial charge in [-0.1, -0.05) is 58.3 Å². The molecule has 0 spiro atoms. The topological polar surface area (TPSA) is 53.2 Å². The fourth-order valence-electron chi connectivity index (χ4n) is 2.54. The van der Waals surface area contributed by atoms with Crippen molar-refractivity contribution < 1.29 is 4.79 Å². The number of nitrogens with one attached hydrogen (secondary N) is 3. The Morgan fingerprint density at radius 1 is 0.909 bits per heavy atom. The first-order chi connectivity index (χ1) is 10.7. The fraction of sp³-hybridized carbons (Fsp3) is 0.944. The summed E-state index contributed by atoms with van der Waals surface area (Å²) < 4.78 is 0. The minimum Gasteiger partial charge on any atom is -0.354 e. The predicted molar refractivity (Wildman–Crippen MR) is 96.2 cm³/mol. The third-order valence-electron chi connectivity index (χ3n) is 3.98. The summed E-state index contributed by atoms with van der Waals surface area (Å²) in [6.45, 7) is 6.99. The van der Waals surface area contributed by atoms with Gasteiger partial charge in [0.1, 0.15) is 0 Å². The van der Waals surface area contributed by atoms with Crippen molar-refractivity contribution in [2.75, 3.05) is 26.7 Å². The van der Waals surface area contributed by atoms with E-state index in [1.807, 2.05) is 7.05 Å². The van der Waals surface area contributed by atoms with E-state index in [1.165, 1.54) is 51.4 Å². The van der Waals surface area contributed by atoms with E-state index in [4.69, 9.17) is 0 Å². The molecule has 0 fully saturated rings. The maximum absolute atomic E-state index is 11.8. The molecule has 132 valence electrons. The highest BCUT2D eigenvalue weighted by atomic mass is 16.1. The number of likely N-dealkylation sites (N-methyl/N-ethyl adjacent to an activating group) is 1. The van der Waals surface area contributed by atoms with E-state index in [0.717, 1.165) is 26.1 Å². The third kappa shape index (κ3) is 15.8. The van der Waals surface area contributed by atoms with Crippen molar-refractivity contribution in [2.45, 2.75) is 84.1 Å². The van der Waals surface area contributed by atoms with Crippen molar-refractivity contribution in [3.63, 3.8) is 0 Å². The second kappa shape index (κ2) is 16.8. The normalized spacial score (nSPS) is 12.3. The van der Waals surface area contributed by atoms with Gasteiger partial charge in [0.25, 0.3) is 0 Å². The molecule has 0 aliphatic rings. The Morgan fingerprint density at radius 3 is 2.18 bits per heavy atom. The summed E-state index contributed by atoms with van der Waals surface area (Å²) in [5.41, 5.74) is 0. The van der Waals surface area contributed by atoms with Crippen molar-refractivity contribution in [3.05, 3.63) is 0 Å². The van der Waals surface area contributed by atoms with Crippen LogP contribution in [0.25, 0.3) is 0 Å². The average molecular weight is 314 g/mol. The van der Waals surface area contributed by atoms with Gasteiger partial charge in [-0.2, -0.15) is 0 Å². The first-order valence-corrected chi connectivity index (χ1v) is 9.35. The molecule has 0 aliphatic carbocycles. The van der Waals surface area contributed by atoms with Crippen LogP contribution in [0.15, 0.2) is 0 Å². The second-order valence-corrected chi connectivity index (χ2v) is 6.34. The average Bonchev–Trinajstić information content (AvgIpc) is 2.49. The van der Waals surface area contributed by atoms with Gasteiger partial charge in [0.05, 0.1) is 0 Å². The van der Waals surface area contributed by atoms with E-state index in [0.29, 0.717) is 12.5 Å². The summed E-state index contributed by atoms with van der Waals surface area (Å²) in [6.07, 6.45) is 12.4. The van der Waals surface area contributed by atoms with Crippen molar-refractivity contribution in [2.24, 2.45) is 0 Å². The molecule has 0 aromatic carbocycles. The molecule has 0 radical (unpaired) electrons. The molecule has 3 N–H and O–H groups in total. The van der Waals surface area contributed by atoms with Gasteiger partial charge in [0.15, 0.2) is 0 Å². The molecule has 1 amide bonds. The molecule has 0 heterocycles. The lowest BCUT2D eigenvalue weighted by Crippen LogP contribution is -2.35. The Bertz CT molecular complexity index is 246. The van der Waals surface area contributed by atoms with E-state index >= 15 is 0 Å². The molecule has 1 unspecified atom stereocenters. The van der Waals surface area contributed by atoms with Gasteiger partial charge in [0.2, 0.25) is 5.91 Å². The third-order valence-corrected chi connectivity index (χ3v) is 3.98. The van der Waals surface area contributed by atoms with Crippen LogP contribution in [0.2, 0.25) is 0 Å². The smallest absolute Gasteiger partial charge is 0.221 e. The molecule has 0 rings (SSSR count). The number of hydrogen-bond acceptors (Lipinski definition) is 3. The van der Waals surface area contributed by atoms with Gasteiger partial charge in [0, 0.05) is 32.1 Å². The van der Waals surface area contributed by atoms with E-state index in [9.17, 15) is 4.79 Å². The van der Waals surface area contributed by atoms with Gasteiger partial charge in [-0.05, 0) is 20.4 Å². The van der Waals surface area contributed by atoms with E-state index < -0.39 is 0 Å². The monoisotopic (exact) mass is 313 g/mol. The molecule has 0 bridgehead atoms. The molecule has 4 heteroatoms. The molecule has 4 nitrogen and oxygen atoms in total. The lowest BCUT2D eigenvalue weighted by atomic mass is 10.1. The molecule has 0 aliphatic heterocycles. The number of unbranched alkanes of at least 4 members (excludes halogenated alkanes) is 7. The Labute approximate surface area is 138 Å². The minimum atomic E-state index is 0.170. The maximum Gasteiger partial charge on any atom is 0.221 e. The summed E-state index contributed by atoms with van der Waals surface area (Å²) in [5.74, 6) is 0.170. The molecule has 1 atom stereocenters. The van der Waals surface area contributed by atoms with E-state index in [-0.39, 0.29) is 5.91 Å². The van der Waals surface area contributed by atoms with E-state index in [1.54, 1.807) is 0 Å². The van der Waals surface area contributed by atoms with Gasteiger partial charge >= 0.3 is 0 Å². The lowest BCUT2D eigenvalue weighted by Gasteiger charge is -2.14. The van der Waals surface area contributed by atoms with Crippen LogP contribution < -0.4 is 16.0 Å². The standard InChI is InChI=1S/C18H39N3O/c1-4-5-6-7-8-9-10-11-12-17(2)21-18(22)13-14-20-16-15-19-3/h17,19-20H,4-16H2,1-3H3,(H,21,22). The first-order valence-electron chi connectivity index (χ1n) is 9.35. The van der Waals surface area contributed by atoms with Crippen LogP contribution >= 0.6 is 0 Å². The molecule has 0 saturated carbocycles. The summed E-state index contributed by atoms with van der Waals surface area (Å²) in [7, 11) is 1.93. The largest absolute Gasteiger partial charge is 0.354 e. The van der Waals surface area contributed by atoms with Gasteiger partial charge in [-0.3, -0.25) is 4.79 Å². The Hall–Kier alpha value is -0.610. The number of rotatable bonds is 16. The van der Waals surface area contributed by atoms with Gasteiger partial charge in [-0.15, -0.1) is 0 Å². The lowest BCUT2D eigenvalue weighted by molar-refractivity contribution is -0.121. The first kappa shape index (κ1) is 21.4. The SMILES string of the molecule is CCCCCCCCCCC(C)NC(=O)CCNCCNC. The minimum absolute atomic E-state index is 0.170. The number of amides is 1. The molecule has 0 saturated heterocycles. The summed E-state index contributed by atoms with van der Waals surface area (Å²) in [5, 5.41) is 9.42. The zero-order valence-electron chi connectivity index (χ0n) is 15.2. The van der Waals surface area contributed by atoms with Crippen molar-refractivity contribution >= 4 is 5.91 Å². The van der Waals surface area contributed by atoms with Crippen LogP contribution in [0.4, 0.5) is 0 Å². The van der Waals surface area contributed by atoms with Crippen molar-refractivity contribution in [1.29, 1.82) is 0 Å². The van der Waals surface area contributed by atoms with Crippen LogP contribution in [0.5, 0.6) is 0 Å². The highest BCUT2D eigenvalue weighted by Crippen LogP contribution is 2.10. The Morgan fingerprint density at radius 2 is 1.55 bits per heavy atom. The Kier molecular flexibility index (Phi) is 16.3. The van der Waals surface area contributed by atoms with Crippen LogP contribution in [-0.4, -0.2) is 38.6 Å². The summed E-state index contributed by atoms with van der Waals surface area (Å²) in [6, 6.07) is 0.310. The van der Waals surface area contributed by atoms with Crippen LogP contribution in [0.1, 0.15) is 78.1 Å². The number of carbonyl (C=O) groups is 1. The number of carbonyl (C=O) groups excluding carboxylic acids is 1. The fourth-order valence-corrected chi connectivity index (χ4v) is 2.54. The zero-order chi connectivity index (χ0) is 16.5. The molecule has 0 aromatic rings. The van der Waals surface area contributed by atoms with E-state index in [2.05, 4.69) is 29.8 Å². The highest BCUT2D eigenvalue weighted by Gasteiger charge is 2.06. The van der Waals surface area contributed by atoms with Crippen LogP contribution in [0.3, 0.4) is 0 Å². The van der Waals surface area contributed by atoms with Crippen molar-refractivity contribution in [3.8, 4) is 0 Å². The predicted octanol–water partition coefficient (Wildman–Crippen LogP) is 3.22. The highest BCUT2D eigenvalue weighted by molar-refractivity contribution is 5.76. The maximum atomic E-state index is 11.8. The van der Waals surface area contributed by atoms with Gasteiger partial charge in [-0.25, -0.2) is 0 Å². The van der Waals surface area contributed by atoms with Crippen molar-refractivity contribution in [1.82, 2.24) is 16.0 Å². The number of hydrogen-bond donors (Lipinski definition) is 3. The second-order valence-electron chi connectivity index (χ2n) is 6.34.